The smallest absolute Gasteiger partial charge is 0.408 e. The van der Waals surface area contributed by atoms with Gasteiger partial charge < -0.3 is 25.6 Å². The molecular weight excluding hydrogens is 412 g/mol. The monoisotopic (exact) mass is 438 g/mol. The van der Waals surface area contributed by atoms with E-state index in [0.29, 0.717) is 0 Å². The minimum Gasteiger partial charge on any atom is -0.480 e. The minimum absolute atomic E-state index is 0.108. The van der Waals surface area contributed by atoms with Gasteiger partial charge in [0.05, 0.1) is 6.61 Å². The molecule has 1 fully saturated rings. The SMILES string of the molecule is CC(NC(=O)OCC1c2ccccc2-c2ccccc21)(C(=O)N[C@@H](CO)C(=O)O)C1CC1. The molecule has 0 saturated heterocycles. The van der Waals surface area contributed by atoms with Crippen molar-refractivity contribution in [3.63, 3.8) is 0 Å². The number of alkyl carbamates (subject to hydrolysis) is 1. The third-order valence-electron chi connectivity index (χ3n) is 6.36. The molecule has 2 aliphatic carbocycles. The van der Waals surface area contributed by atoms with Crippen LogP contribution in [-0.4, -0.2) is 53.0 Å². The van der Waals surface area contributed by atoms with Crippen LogP contribution >= 0.6 is 0 Å². The van der Waals surface area contributed by atoms with Crippen molar-refractivity contribution in [3.8, 4) is 11.1 Å². The second-order valence-corrected chi connectivity index (χ2v) is 8.47. The van der Waals surface area contributed by atoms with Gasteiger partial charge in [-0.25, -0.2) is 9.59 Å². The number of hydrogen-bond acceptors (Lipinski definition) is 5. The molecule has 2 amide bonds. The van der Waals surface area contributed by atoms with Gasteiger partial charge in [-0.15, -0.1) is 0 Å². The molecule has 0 radical (unpaired) electrons. The van der Waals surface area contributed by atoms with Crippen LogP contribution in [0.5, 0.6) is 0 Å². The number of rotatable bonds is 8. The van der Waals surface area contributed by atoms with Crippen LogP contribution in [-0.2, 0) is 14.3 Å². The summed E-state index contributed by atoms with van der Waals surface area (Å²) < 4.78 is 5.55. The number of carboxylic acid groups (broad SMARTS) is 1. The average Bonchev–Trinajstić information content (AvgIpc) is 3.59. The molecule has 2 aromatic carbocycles. The Morgan fingerprint density at radius 2 is 1.62 bits per heavy atom. The molecule has 0 aliphatic heterocycles. The lowest BCUT2D eigenvalue weighted by molar-refractivity contribution is -0.144. The number of carboxylic acids is 1. The summed E-state index contributed by atoms with van der Waals surface area (Å²) in [6.45, 7) is 0.918. The topological polar surface area (TPSA) is 125 Å². The van der Waals surface area contributed by atoms with Gasteiger partial charge in [-0.05, 0) is 47.9 Å². The normalized spacial score (nSPS) is 17.4. The molecule has 8 nitrogen and oxygen atoms in total. The fraction of sp³-hybridized carbons (Fsp3) is 0.375. The van der Waals surface area contributed by atoms with Crippen molar-refractivity contribution in [2.75, 3.05) is 13.2 Å². The van der Waals surface area contributed by atoms with Crippen LogP contribution in [0.25, 0.3) is 11.1 Å². The first-order valence-electron chi connectivity index (χ1n) is 10.6. The Morgan fingerprint density at radius 3 is 2.12 bits per heavy atom. The summed E-state index contributed by atoms with van der Waals surface area (Å²) in [6, 6.07) is 14.5. The van der Waals surface area contributed by atoms with Crippen LogP contribution in [0.1, 0.15) is 36.8 Å². The third kappa shape index (κ3) is 4.05. The van der Waals surface area contributed by atoms with Crippen molar-refractivity contribution in [1.29, 1.82) is 0 Å². The number of aliphatic hydroxyl groups excluding tert-OH is 1. The van der Waals surface area contributed by atoms with Gasteiger partial charge in [-0.2, -0.15) is 0 Å². The van der Waals surface area contributed by atoms with Crippen LogP contribution in [0.15, 0.2) is 48.5 Å². The molecule has 1 unspecified atom stereocenters. The quantitative estimate of drug-likeness (QED) is 0.501. The number of nitrogens with one attached hydrogen (secondary N) is 2. The lowest BCUT2D eigenvalue weighted by Gasteiger charge is -2.30. The van der Waals surface area contributed by atoms with Crippen LogP contribution in [0.3, 0.4) is 0 Å². The van der Waals surface area contributed by atoms with E-state index in [1.54, 1.807) is 6.92 Å². The fourth-order valence-electron chi connectivity index (χ4n) is 4.35. The number of hydrogen-bond donors (Lipinski definition) is 4. The Bertz CT molecular complexity index is 1000. The van der Waals surface area contributed by atoms with E-state index in [1.165, 1.54) is 0 Å². The summed E-state index contributed by atoms with van der Waals surface area (Å²) in [5, 5.41) is 23.3. The molecular formula is C24H26N2O6. The molecule has 0 bridgehead atoms. The first-order chi connectivity index (χ1) is 15.3. The van der Waals surface area contributed by atoms with Crippen molar-refractivity contribution in [2.24, 2.45) is 5.92 Å². The number of benzene rings is 2. The third-order valence-corrected chi connectivity index (χ3v) is 6.36. The van der Waals surface area contributed by atoms with Crippen LogP contribution < -0.4 is 10.6 Å². The molecule has 0 heterocycles. The summed E-state index contributed by atoms with van der Waals surface area (Å²) in [4.78, 5) is 36.6. The van der Waals surface area contributed by atoms with Gasteiger partial charge >= 0.3 is 12.1 Å². The first kappa shape index (κ1) is 21.8. The van der Waals surface area contributed by atoms with E-state index in [0.717, 1.165) is 35.1 Å². The van der Waals surface area contributed by atoms with E-state index in [-0.39, 0.29) is 18.4 Å². The molecule has 0 aromatic heterocycles. The maximum Gasteiger partial charge on any atom is 0.408 e. The molecule has 0 spiro atoms. The Balaban J connectivity index is 1.45. The zero-order valence-electron chi connectivity index (χ0n) is 17.7. The van der Waals surface area contributed by atoms with Crippen molar-refractivity contribution < 1.29 is 29.3 Å². The fourth-order valence-corrected chi connectivity index (χ4v) is 4.35. The molecule has 8 heteroatoms. The average molecular weight is 438 g/mol. The van der Waals surface area contributed by atoms with Gasteiger partial charge in [0.25, 0.3) is 0 Å². The predicted molar refractivity (Wildman–Crippen MR) is 116 cm³/mol. The second kappa shape index (κ2) is 8.63. The molecule has 4 rings (SSSR count). The van der Waals surface area contributed by atoms with Crippen LogP contribution in [0.4, 0.5) is 4.79 Å². The molecule has 32 heavy (non-hydrogen) atoms. The lowest BCUT2D eigenvalue weighted by Crippen LogP contribution is -2.61. The largest absolute Gasteiger partial charge is 0.480 e. The van der Waals surface area contributed by atoms with E-state index in [4.69, 9.17) is 9.84 Å². The summed E-state index contributed by atoms with van der Waals surface area (Å²) in [6.07, 6.45) is 0.710. The molecule has 4 N–H and O–H groups in total. The Labute approximate surface area is 185 Å². The van der Waals surface area contributed by atoms with Gasteiger partial charge in [0, 0.05) is 5.92 Å². The van der Waals surface area contributed by atoms with E-state index < -0.39 is 36.2 Å². The number of aliphatic hydroxyl groups is 1. The lowest BCUT2D eigenvalue weighted by atomic mass is 9.94. The zero-order chi connectivity index (χ0) is 22.9. The highest BCUT2D eigenvalue weighted by Crippen LogP contribution is 2.44. The molecule has 2 aliphatic rings. The number of fused-ring (bicyclic) bond motifs is 3. The molecule has 2 aromatic rings. The summed E-state index contributed by atoms with van der Waals surface area (Å²) in [7, 11) is 0. The maximum absolute atomic E-state index is 12.8. The van der Waals surface area contributed by atoms with Crippen molar-refractivity contribution in [3.05, 3.63) is 59.7 Å². The minimum atomic E-state index is -1.44. The number of ether oxygens (including phenoxy) is 1. The van der Waals surface area contributed by atoms with Crippen molar-refractivity contribution in [1.82, 2.24) is 10.6 Å². The van der Waals surface area contributed by atoms with E-state index >= 15 is 0 Å². The van der Waals surface area contributed by atoms with Gasteiger partial charge in [0.1, 0.15) is 18.2 Å². The zero-order valence-corrected chi connectivity index (χ0v) is 17.7. The van der Waals surface area contributed by atoms with Crippen LogP contribution in [0, 0.1) is 5.92 Å². The number of carbonyl (C=O) groups excluding carboxylic acids is 2. The van der Waals surface area contributed by atoms with Crippen molar-refractivity contribution in [2.45, 2.75) is 37.3 Å². The highest BCUT2D eigenvalue weighted by Gasteiger charge is 2.49. The van der Waals surface area contributed by atoms with E-state index in [9.17, 15) is 19.5 Å². The number of carbonyl (C=O) groups is 3. The second-order valence-electron chi connectivity index (χ2n) is 8.47. The molecule has 2 atom stereocenters. The molecule has 1 saturated carbocycles. The van der Waals surface area contributed by atoms with Crippen LogP contribution in [0.2, 0.25) is 0 Å². The standard InChI is InChI=1S/C24H26N2O6/c1-24(14-10-11-14,22(30)25-20(12-27)21(28)29)26-23(31)32-13-19-17-8-4-2-6-15(17)16-7-3-5-9-18(16)19/h2-9,14,19-20,27H,10-13H2,1H3,(H,25,30)(H,26,31)(H,28,29)/t20-,24?/m0/s1. The van der Waals surface area contributed by atoms with Crippen molar-refractivity contribution >= 4 is 18.0 Å². The number of amides is 2. The predicted octanol–water partition coefficient (Wildman–Crippen LogP) is 2.26. The van der Waals surface area contributed by atoms with Gasteiger partial charge in [-0.3, -0.25) is 4.79 Å². The summed E-state index contributed by atoms with van der Waals surface area (Å²) in [5.41, 5.74) is 3.06. The van der Waals surface area contributed by atoms with Gasteiger partial charge in [0.2, 0.25) is 5.91 Å². The Morgan fingerprint density at radius 1 is 1.06 bits per heavy atom. The summed E-state index contributed by atoms with van der Waals surface area (Å²) >= 11 is 0. The number of aliphatic carboxylic acids is 1. The van der Waals surface area contributed by atoms with E-state index in [1.807, 2.05) is 48.5 Å². The Hall–Kier alpha value is -3.39. The molecule has 168 valence electrons. The van der Waals surface area contributed by atoms with Gasteiger partial charge in [-0.1, -0.05) is 48.5 Å². The highest BCUT2D eigenvalue weighted by atomic mass is 16.5. The first-order valence-corrected chi connectivity index (χ1v) is 10.6. The van der Waals surface area contributed by atoms with E-state index in [2.05, 4.69) is 10.6 Å². The highest BCUT2D eigenvalue weighted by molar-refractivity contribution is 5.93. The Kier molecular flexibility index (Phi) is 5.88. The summed E-state index contributed by atoms with van der Waals surface area (Å²) in [5.74, 6) is -2.24. The maximum atomic E-state index is 12.8. The van der Waals surface area contributed by atoms with Gasteiger partial charge in [0.15, 0.2) is 0 Å².